The van der Waals surface area contributed by atoms with Crippen LogP contribution >= 0.6 is 15.6 Å². The number of aliphatic hydroxyl groups excluding tert-OH is 1. The molecule has 604 valence electrons. The van der Waals surface area contributed by atoms with Crippen LogP contribution in [0.1, 0.15) is 310 Å². The van der Waals surface area contributed by atoms with Crippen molar-refractivity contribution in [2.45, 2.75) is 329 Å². The molecule has 106 heavy (non-hydrogen) atoms. The molecule has 0 aromatic heterocycles. The molecule has 0 saturated heterocycles. The maximum Gasteiger partial charge on any atom is 0.472 e. The Balaban J connectivity index is 5.51. The fourth-order valence-electron chi connectivity index (χ4n) is 10.2. The lowest BCUT2D eigenvalue weighted by Gasteiger charge is -2.21. The molecular weight excluding hydrogens is 1380 g/mol. The largest absolute Gasteiger partial charge is 0.472 e. The molecule has 0 fully saturated rings. The predicted molar refractivity (Wildman–Crippen MR) is 436 cm³/mol. The van der Waals surface area contributed by atoms with Gasteiger partial charge in [-0.2, -0.15) is 0 Å². The van der Waals surface area contributed by atoms with Crippen molar-refractivity contribution >= 4 is 39.5 Å². The van der Waals surface area contributed by atoms with Crippen LogP contribution in [-0.2, 0) is 65.4 Å². The van der Waals surface area contributed by atoms with Gasteiger partial charge in [-0.15, -0.1) is 0 Å². The molecule has 0 rings (SSSR count). The number of ether oxygens (including phenoxy) is 4. The Labute approximate surface area is 642 Å². The van der Waals surface area contributed by atoms with E-state index in [9.17, 15) is 43.2 Å². The van der Waals surface area contributed by atoms with Gasteiger partial charge in [0.15, 0.2) is 12.2 Å². The normalized spacial score (nSPS) is 14.7. The molecule has 2 unspecified atom stereocenters. The van der Waals surface area contributed by atoms with Crippen LogP contribution < -0.4 is 0 Å². The quantitative estimate of drug-likeness (QED) is 0.0169. The first kappa shape index (κ1) is 101. The Kier molecular flexibility index (Phi) is 73.9. The highest BCUT2D eigenvalue weighted by molar-refractivity contribution is 7.47. The van der Waals surface area contributed by atoms with Gasteiger partial charge < -0.3 is 33.8 Å². The van der Waals surface area contributed by atoms with E-state index in [0.29, 0.717) is 38.5 Å². The molecule has 0 aliphatic carbocycles. The van der Waals surface area contributed by atoms with E-state index in [2.05, 4.69) is 155 Å². The Morgan fingerprint density at radius 1 is 0.264 bits per heavy atom. The Morgan fingerprint density at radius 3 is 0.792 bits per heavy atom. The van der Waals surface area contributed by atoms with Crippen molar-refractivity contribution in [3.8, 4) is 0 Å². The summed E-state index contributed by atoms with van der Waals surface area (Å²) in [6, 6.07) is 0. The minimum absolute atomic E-state index is 0.0291. The number of hydrogen-bond acceptors (Lipinski definition) is 15. The molecule has 0 aromatic rings. The van der Waals surface area contributed by atoms with Crippen molar-refractivity contribution in [1.29, 1.82) is 0 Å². The number of phosphoric ester groups is 2. The zero-order valence-corrected chi connectivity index (χ0v) is 67.8. The third-order valence-corrected chi connectivity index (χ3v) is 18.3. The summed E-state index contributed by atoms with van der Waals surface area (Å²) in [4.78, 5) is 73.0. The van der Waals surface area contributed by atoms with E-state index >= 15 is 0 Å². The number of unbranched alkanes of at least 4 members (excludes halogenated alkanes) is 23. The first-order chi connectivity index (χ1) is 51.7. The van der Waals surface area contributed by atoms with Gasteiger partial charge in [0.1, 0.15) is 19.3 Å². The smallest absolute Gasteiger partial charge is 0.462 e. The second-order valence-electron chi connectivity index (χ2n) is 26.6. The minimum Gasteiger partial charge on any atom is -0.462 e. The molecule has 3 N–H and O–H groups in total. The summed E-state index contributed by atoms with van der Waals surface area (Å²) >= 11 is 0. The zero-order chi connectivity index (χ0) is 77.4. The van der Waals surface area contributed by atoms with E-state index in [1.807, 2.05) is 30.4 Å². The molecular formula is C87H144O17P2. The highest BCUT2D eigenvalue weighted by atomic mass is 31.2. The Bertz CT molecular complexity index is 2630. The molecule has 0 aromatic carbocycles. The highest BCUT2D eigenvalue weighted by Crippen LogP contribution is 2.45. The van der Waals surface area contributed by atoms with Gasteiger partial charge in [-0.3, -0.25) is 37.3 Å². The Hall–Kier alpha value is -5.32. The topological polar surface area (TPSA) is 237 Å². The summed E-state index contributed by atoms with van der Waals surface area (Å²) < 4.78 is 68.5. The molecule has 0 aliphatic heterocycles. The van der Waals surface area contributed by atoms with Crippen molar-refractivity contribution in [2.24, 2.45) is 0 Å². The van der Waals surface area contributed by atoms with Crippen LogP contribution in [0.15, 0.2) is 158 Å². The van der Waals surface area contributed by atoms with Crippen molar-refractivity contribution in [1.82, 2.24) is 0 Å². The van der Waals surface area contributed by atoms with E-state index in [4.69, 9.17) is 37.0 Å². The van der Waals surface area contributed by atoms with E-state index in [1.165, 1.54) is 77.0 Å². The summed E-state index contributed by atoms with van der Waals surface area (Å²) in [5.41, 5.74) is 0. The zero-order valence-electron chi connectivity index (χ0n) is 66.1. The van der Waals surface area contributed by atoms with Crippen molar-refractivity contribution in [3.05, 3.63) is 158 Å². The van der Waals surface area contributed by atoms with Gasteiger partial charge in [0.25, 0.3) is 0 Å². The number of carbonyl (C=O) groups excluding carboxylic acids is 4. The molecule has 0 aliphatic rings. The average molecular weight is 1520 g/mol. The van der Waals surface area contributed by atoms with Crippen molar-refractivity contribution in [3.63, 3.8) is 0 Å². The SMILES string of the molecule is CCCCC/C=C\C/C=C\C/C=C\C/C=C\C/C=C\CCC(=O)OC[C@H](COP(=O)(O)OC[C@@H](O)COP(=O)(O)OC[C@@H](COC(=O)CCC/C=C\C/C=C\C/C=C\C/C=C\CCCCC)OC(=O)CCCCCCC/C=C\C/C=C\CCCCC)OC(=O)CCCCCCC/C=C\C/C=C\CCCCC. The standard InChI is InChI=1S/C87H144O17P2/c1-5-9-13-17-21-25-29-33-37-39-40-42-46-48-52-56-60-64-68-72-85(90)98-78-83(104-87(92)74-70-66-62-58-54-50-44-36-32-28-24-20-16-12-8-4)80-102-106(95,96)100-76-81(88)75-99-105(93,94)101-79-82(103-86(91)73-69-65-61-57-53-49-43-35-31-27-23-19-15-11-7-3)77-97-84(89)71-67-63-59-55-51-47-45-41-38-34-30-26-22-18-14-10-6-2/h21-28,33-38,40,42-45,47-48,52,55,59-60,64,81-83,88H,5-20,29-32,39,41,46,49-51,53-54,56-58,61-63,65-80H2,1-4H3,(H,93,94)(H,95,96)/b25-21-,26-22-,27-23-,28-24-,37-33-,38-34-,42-40-,43-35-,44-36-,47-45-,52-48-,59-55-,64-60-/t81-,82+,83+/m0/s1. The van der Waals surface area contributed by atoms with E-state index in [0.717, 1.165) is 141 Å². The van der Waals surface area contributed by atoms with E-state index in [1.54, 1.807) is 0 Å². The van der Waals surface area contributed by atoms with Crippen LogP contribution in [0.4, 0.5) is 0 Å². The molecule has 0 bridgehead atoms. The molecule has 0 radical (unpaired) electrons. The number of phosphoric acid groups is 2. The van der Waals surface area contributed by atoms with Crippen LogP contribution in [0, 0.1) is 0 Å². The summed E-state index contributed by atoms with van der Waals surface area (Å²) in [5, 5.41) is 10.6. The third kappa shape index (κ3) is 76.9. The van der Waals surface area contributed by atoms with Crippen LogP contribution in [0.3, 0.4) is 0 Å². The fourth-order valence-corrected chi connectivity index (χ4v) is 11.8. The van der Waals surface area contributed by atoms with Gasteiger partial charge in [-0.05, 0) is 167 Å². The van der Waals surface area contributed by atoms with Gasteiger partial charge in [-0.25, -0.2) is 9.13 Å². The second kappa shape index (κ2) is 77.8. The maximum atomic E-state index is 13.1. The first-order valence-electron chi connectivity index (χ1n) is 40.7. The van der Waals surface area contributed by atoms with E-state index < -0.39 is 97.5 Å². The lowest BCUT2D eigenvalue weighted by atomic mass is 10.1. The van der Waals surface area contributed by atoms with Gasteiger partial charge in [0.05, 0.1) is 26.4 Å². The highest BCUT2D eigenvalue weighted by Gasteiger charge is 2.30. The average Bonchev–Trinajstić information content (AvgIpc) is 0.909. The number of allylic oxidation sites excluding steroid dienone is 26. The fraction of sp³-hybridized carbons (Fsp3) is 0.655. The predicted octanol–water partition coefficient (Wildman–Crippen LogP) is 24.0. The van der Waals surface area contributed by atoms with Crippen LogP contribution in [0.5, 0.6) is 0 Å². The third-order valence-electron chi connectivity index (χ3n) is 16.4. The summed E-state index contributed by atoms with van der Waals surface area (Å²) in [7, 11) is -10.0. The van der Waals surface area contributed by atoms with Crippen LogP contribution in [0.2, 0.25) is 0 Å². The van der Waals surface area contributed by atoms with Gasteiger partial charge in [0.2, 0.25) is 0 Å². The van der Waals surface area contributed by atoms with Crippen LogP contribution in [0.25, 0.3) is 0 Å². The summed E-state index contributed by atoms with van der Waals surface area (Å²) in [5.74, 6) is -2.38. The number of carbonyl (C=O) groups is 4. The van der Waals surface area contributed by atoms with Gasteiger partial charge in [-0.1, -0.05) is 276 Å². The van der Waals surface area contributed by atoms with Gasteiger partial charge in [0, 0.05) is 25.7 Å². The minimum atomic E-state index is -5.01. The molecule has 5 atom stereocenters. The number of hydrogen-bond donors (Lipinski definition) is 3. The maximum absolute atomic E-state index is 13.1. The number of esters is 4. The molecule has 0 amide bonds. The van der Waals surface area contributed by atoms with Gasteiger partial charge >= 0.3 is 39.5 Å². The van der Waals surface area contributed by atoms with Crippen LogP contribution in [-0.4, -0.2) is 96.7 Å². The first-order valence-corrected chi connectivity index (χ1v) is 43.7. The molecule has 0 heterocycles. The number of rotatable bonds is 75. The lowest BCUT2D eigenvalue weighted by molar-refractivity contribution is -0.161. The monoisotopic (exact) mass is 1520 g/mol. The molecule has 19 heteroatoms. The molecule has 0 spiro atoms. The number of aliphatic hydroxyl groups is 1. The Morgan fingerprint density at radius 2 is 0.491 bits per heavy atom. The molecule has 17 nitrogen and oxygen atoms in total. The molecule has 0 saturated carbocycles. The van der Waals surface area contributed by atoms with Crippen molar-refractivity contribution < 1.29 is 80.2 Å². The summed E-state index contributed by atoms with van der Waals surface area (Å²) in [6.45, 7) is 4.58. The van der Waals surface area contributed by atoms with Crippen molar-refractivity contribution in [2.75, 3.05) is 39.6 Å². The second-order valence-corrected chi connectivity index (χ2v) is 29.5. The lowest BCUT2D eigenvalue weighted by Crippen LogP contribution is -2.30. The van der Waals surface area contributed by atoms with E-state index in [-0.39, 0.29) is 25.7 Å². The summed E-state index contributed by atoms with van der Waals surface area (Å²) in [6.07, 6.45) is 90.9.